The first-order valence-electron chi connectivity index (χ1n) is 6.59. The van der Waals surface area contributed by atoms with E-state index in [1.54, 1.807) is 0 Å². The minimum Gasteiger partial charge on any atom is -0.494 e. The van der Waals surface area contributed by atoms with Crippen LogP contribution in [0.25, 0.3) is 0 Å². The molecule has 0 atom stereocenters. The third-order valence-electron chi connectivity index (χ3n) is 2.37. The van der Waals surface area contributed by atoms with Crippen LogP contribution in [0, 0.1) is 5.41 Å². The van der Waals surface area contributed by atoms with Crippen molar-refractivity contribution in [3.8, 4) is 11.5 Å². The maximum atomic E-state index is 5.62. The lowest BCUT2D eigenvalue weighted by molar-refractivity contribution is 0.331. The number of benzene rings is 1. The number of hydrogen-bond acceptors (Lipinski definition) is 3. The molecule has 0 heterocycles. The number of nitrogens with one attached hydrogen (secondary N) is 1. The number of ether oxygens (including phenoxy) is 2. The molecule has 0 bridgehead atoms. The Labute approximate surface area is 110 Å². The van der Waals surface area contributed by atoms with Crippen molar-refractivity contribution in [2.75, 3.05) is 25.1 Å². The van der Waals surface area contributed by atoms with Crippen LogP contribution in [-0.2, 0) is 0 Å². The molecule has 102 valence electrons. The van der Waals surface area contributed by atoms with Gasteiger partial charge in [0.15, 0.2) is 0 Å². The van der Waals surface area contributed by atoms with Crippen LogP contribution >= 0.6 is 0 Å². The molecule has 1 N–H and O–H groups in total. The summed E-state index contributed by atoms with van der Waals surface area (Å²) in [5, 5.41) is 3.43. The molecule has 1 aromatic carbocycles. The molecule has 0 radical (unpaired) electrons. The van der Waals surface area contributed by atoms with Crippen molar-refractivity contribution < 1.29 is 9.47 Å². The molecule has 1 aromatic rings. The highest BCUT2D eigenvalue weighted by Gasteiger charge is 2.12. The van der Waals surface area contributed by atoms with E-state index in [2.05, 4.69) is 26.1 Å². The van der Waals surface area contributed by atoms with Crippen molar-refractivity contribution in [2.24, 2.45) is 5.41 Å². The lowest BCUT2D eigenvalue weighted by Crippen LogP contribution is -2.19. The average molecular weight is 251 g/mol. The molecular weight excluding hydrogens is 226 g/mol. The standard InChI is InChI=1S/C15H25NO2/c1-6-17-12-8-9-14(18-7-2)13(10-12)16-11-15(3,4)5/h8-10,16H,6-7,11H2,1-5H3. The molecule has 0 amide bonds. The zero-order valence-corrected chi connectivity index (χ0v) is 12.2. The molecule has 3 nitrogen and oxygen atoms in total. The van der Waals surface area contributed by atoms with E-state index in [4.69, 9.17) is 9.47 Å². The predicted octanol–water partition coefficient (Wildman–Crippen LogP) is 3.94. The van der Waals surface area contributed by atoms with Gasteiger partial charge in [-0.2, -0.15) is 0 Å². The molecule has 3 heteroatoms. The molecule has 0 unspecified atom stereocenters. The molecule has 18 heavy (non-hydrogen) atoms. The average Bonchev–Trinajstić information content (AvgIpc) is 2.29. The van der Waals surface area contributed by atoms with E-state index in [1.165, 1.54) is 0 Å². The summed E-state index contributed by atoms with van der Waals surface area (Å²) in [5.41, 5.74) is 1.23. The van der Waals surface area contributed by atoms with Gasteiger partial charge in [0.1, 0.15) is 11.5 Å². The summed E-state index contributed by atoms with van der Waals surface area (Å²) in [6.45, 7) is 12.8. The summed E-state index contributed by atoms with van der Waals surface area (Å²) in [6.07, 6.45) is 0. The Kier molecular flexibility index (Phi) is 5.32. The minimum atomic E-state index is 0.227. The highest BCUT2D eigenvalue weighted by atomic mass is 16.5. The monoisotopic (exact) mass is 251 g/mol. The van der Waals surface area contributed by atoms with Gasteiger partial charge >= 0.3 is 0 Å². The quantitative estimate of drug-likeness (QED) is 0.830. The lowest BCUT2D eigenvalue weighted by atomic mass is 9.97. The number of rotatable bonds is 6. The molecule has 0 saturated heterocycles. The van der Waals surface area contributed by atoms with Gasteiger partial charge in [0.25, 0.3) is 0 Å². The van der Waals surface area contributed by atoms with Crippen molar-refractivity contribution in [3.05, 3.63) is 18.2 Å². The van der Waals surface area contributed by atoms with Gasteiger partial charge in [-0.1, -0.05) is 20.8 Å². The Bertz CT molecular complexity index is 369. The topological polar surface area (TPSA) is 30.5 Å². The van der Waals surface area contributed by atoms with Crippen LogP contribution < -0.4 is 14.8 Å². The summed E-state index contributed by atoms with van der Waals surface area (Å²) in [4.78, 5) is 0. The van der Waals surface area contributed by atoms with Gasteiger partial charge in [-0.3, -0.25) is 0 Å². The van der Waals surface area contributed by atoms with Crippen molar-refractivity contribution >= 4 is 5.69 Å². The zero-order valence-electron chi connectivity index (χ0n) is 12.2. The van der Waals surface area contributed by atoms with Crippen molar-refractivity contribution in [3.63, 3.8) is 0 Å². The Balaban J connectivity index is 2.85. The fraction of sp³-hybridized carbons (Fsp3) is 0.600. The zero-order chi connectivity index (χ0) is 13.6. The van der Waals surface area contributed by atoms with E-state index in [0.717, 1.165) is 23.7 Å². The van der Waals surface area contributed by atoms with Crippen molar-refractivity contribution in [2.45, 2.75) is 34.6 Å². The smallest absolute Gasteiger partial charge is 0.142 e. The highest BCUT2D eigenvalue weighted by Crippen LogP contribution is 2.30. The van der Waals surface area contributed by atoms with E-state index >= 15 is 0 Å². The minimum absolute atomic E-state index is 0.227. The van der Waals surface area contributed by atoms with Gasteiger partial charge < -0.3 is 14.8 Å². The first-order chi connectivity index (χ1) is 8.46. The SMILES string of the molecule is CCOc1ccc(OCC)c(NCC(C)(C)C)c1. The van der Waals surface area contributed by atoms with Gasteiger partial charge in [-0.15, -0.1) is 0 Å². The van der Waals surface area contributed by atoms with E-state index in [0.29, 0.717) is 13.2 Å². The van der Waals surface area contributed by atoms with Crippen LogP contribution in [-0.4, -0.2) is 19.8 Å². The Morgan fingerprint density at radius 3 is 2.28 bits per heavy atom. The maximum absolute atomic E-state index is 5.62. The summed E-state index contributed by atoms with van der Waals surface area (Å²) in [5.74, 6) is 1.75. The van der Waals surface area contributed by atoms with Crippen LogP contribution in [0.3, 0.4) is 0 Å². The van der Waals surface area contributed by atoms with Crippen LogP contribution in [0.4, 0.5) is 5.69 Å². The van der Waals surface area contributed by atoms with Crippen LogP contribution in [0.5, 0.6) is 11.5 Å². The molecule has 0 aliphatic carbocycles. The molecule has 1 rings (SSSR count). The van der Waals surface area contributed by atoms with Crippen LogP contribution in [0.2, 0.25) is 0 Å². The molecular formula is C15H25NO2. The Hall–Kier alpha value is -1.38. The molecule has 0 spiro atoms. The normalized spacial score (nSPS) is 11.2. The second-order valence-corrected chi connectivity index (χ2v) is 5.44. The number of anilines is 1. The van der Waals surface area contributed by atoms with Gasteiger partial charge in [0.2, 0.25) is 0 Å². The summed E-state index contributed by atoms with van der Waals surface area (Å²) < 4.78 is 11.1. The predicted molar refractivity (Wildman–Crippen MR) is 76.7 cm³/mol. The third-order valence-corrected chi connectivity index (χ3v) is 2.37. The first kappa shape index (κ1) is 14.7. The van der Waals surface area contributed by atoms with Gasteiger partial charge in [0, 0.05) is 12.6 Å². The largest absolute Gasteiger partial charge is 0.494 e. The van der Waals surface area contributed by atoms with Crippen LogP contribution in [0.15, 0.2) is 18.2 Å². The first-order valence-corrected chi connectivity index (χ1v) is 6.59. The second-order valence-electron chi connectivity index (χ2n) is 5.44. The fourth-order valence-corrected chi connectivity index (χ4v) is 1.55. The van der Waals surface area contributed by atoms with Gasteiger partial charge in [-0.25, -0.2) is 0 Å². The van der Waals surface area contributed by atoms with E-state index in [-0.39, 0.29) is 5.41 Å². The summed E-state index contributed by atoms with van der Waals surface area (Å²) in [6, 6.07) is 5.90. The van der Waals surface area contributed by atoms with Crippen molar-refractivity contribution in [1.82, 2.24) is 0 Å². The van der Waals surface area contributed by atoms with Crippen LogP contribution in [0.1, 0.15) is 34.6 Å². The molecule has 0 aliphatic rings. The van der Waals surface area contributed by atoms with E-state index < -0.39 is 0 Å². The fourth-order valence-electron chi connectivity index (χ4n) is 1.55. The molecule has 0 fully saturated rings. The Morgan fingerprint density at radius 2 is 1.72 bits per heavy atom. The van der Waals surface area contributed by atoms with Gasteiger partial charge in [-0.05, 0) is 31.4 Å². The summed E-state index contributed by atoms with van der Waals surface area (Å²) in [7, 11) is 0. The molecule has 0 aliphatic heterocycles. The van der Waals surface area contributed by atoms with Gasteiger partial charge in [0.05, 0.1) is 18.9 Å². The Morgan fingerprint density at radius 1 is 1.06 bits per heavy atom. The number of hydrogen-bond donors (Lipinski definition) is 1. The van der Waals surface area contributed by atoms with Crippen molar-refractivity contribution in [1.29, 1.82) is 0 Å². The molecule has 0 saturated carbocycles. The maximum Gasteiger partial charge on any atom is 0.142 e. The highest BCUT2D eigenvalue weighted by molar-refractivity contribution is 5.59. The van der Waals surface area contributed by atoms with E-state index in [9.17, 15) is 0 Å². The summed E-state index contributed by atoms with van der Waals surface area (Å²) >= 11 is 0. The second kappa shape index (κ2) is 6.53. The third kappa shape index (κ3) is 4.86. The lowest BCUT2D eigenvalue weighted by Gasteiger charge is -2.21. The van der Waals surface area contributed by atoms with E-state index in [1.807, 2.05) is 32.0 Å². The molecule has 0 aromatic heterocycles.